The van der Waals surface area contributed by atoms with Crippen molar-refractivity contribution in [2.75, 3.05) is 26.7 Å². The molecule has 0 bridgehead atoms. The Morgan fingerprint density at radius 1 is 1.12 bits per heavy atom. The number of benzene rings is 2. The Labute approximate surface area is 149 Å². The molecule has 132 valence electrons. The van der Waals surface area contributed by atoms with Crippen LogP contribution in [0.4, 0.5) is 0 Å². The molecule has 2 aromatic rings. The Morgan fingerprint density at radius 3 is 2.60 bits per heavy atom. The lowest BCUT2D eigenvalue weighted by Gasteiger charge is -2.16. The molecular formula is C21H26N2O2. The van der Waals surface area contributed by atoms with Gasteiger partial charge in [0.15, 0.2) is 6.61 Å². The highest BCUT2D eigenvalue weighted by atomic mass is 16.5. The molecule has 0 atom stereocenters. The van der Waals surface area contributed by atoms with Gasteiger partial charge in [0.05, 0.1) is 0 Å². The van der Waals surface area contributed by atoms with Gasteiger partial charge in [-0.1, -0.05) is 48.5 Å². The van der Waals surface area contributed by atoms with E-state index in [9.17, 15) is 4.79 Å². The molecule has 1 aliphatic rings. The van der Waals surface area contributed by atoms with Crippen molar-refractivity contribution in [1.82, 2.24) is 10.2 Å². The summed E-state index contributed by atoms with van der Waals surface area (Å²) in [5, 5.41) is 2.93. The zero-order valence-electron chi connectivity index (χ0n) is 14.8. The van der Waals surface area contributed by atoms with Crippen molar-refractivity contribution in [2.45, 2.75) is 25.3 Å². The summed E-state index contributed by atoms with van der Waals surface area (Å²) < 4.78 is 5.76. The normalized spacial score (nSPS) is 13.7. The molecule has 3 rings (SSSR count). The average Bonchev–Trinajstić information content (AvgIpc) is 3.47. The quantitative estimate of drug-likeness (QED) is 0.764. The van der Waals surface area contributed by atoms with E-state index in [-0.39, 0.29) is 12.5 Å². The molecule has 1 N–H and O–H groups in total. The lowest BCUT2D eigenvalue weighted by molar-refractivity contribution is -0.123. The van der Waals surface area contributed by atoms with Crippen LogP contribution in [0.1, 0.15) is 24.0 Å². The van der Waals surface area contributed by atoms with Crippen LogP contribution in [-0.4, -0.2) is 43.6 Å². The van der Waals surface area contributed by atoms with Crippen LogP contribution in [0.15, 0.2) is 54.6 Å². The second-order valence-corrected chi connectivity index (χ2v) is 6.62. The molecule has 0 heterocycles. The van der Waals surface area contributed by atoms with Crippen molar-refractivity contribution >= 4 is 5.91 Å². The zero-order chi connectivity index (χ0) is 17.5. The smallest absolute Gasteiger partial charge is 0.257 e. The van der Waals surface area contributed by atoms with Crippen molar-refractivity contribution in [3.05, 3.63) is 65.7 Å². The predicted molar refractivity (Wildman–Crippen MR) is 99.8 cm³/mol. The first-order valence-corrected chi connectivity index (χ1v) is 8.94. The maximum Gasteiger partial charge on any atom is 0.257 e. The lowest BCUT2D eigenvalue weighted by Crippen LogP contribution is -2.36. The maximum absolute atomic E-state index is 12.0. The molecule has 0 saturated heterocycles. The van der Waals surface area contributed by atoms with Gasteiger partial charge >= 0.3 is 0 Å². The molecule has 1 amide bonds. The molecule has 0 spiro atoms. The summed E-state index contributed by atoms with van der Waals surface area (Å²) in [6, 6.07) is 18.9. The SMILES string of the molecule is CN(CCNC(=O)COc1ccccc1Cc1ccccc1)C1CC1. The fraction of sp³-hybridized carbons (Fsp3) is 0.381. The van der Waals surface area contributed by atoms with E-state index in [0.717, 1.165) is 30.3 Å². The molecule has 2 aromatic carbocycles. The summed E-state index contributed by atoms with van der Waals surface area (Å²) in [6.45, 7) is 1.61. The Morgan fingerprint density at radius 2 is 1.84 bits per heavy atom. The molecule has 1 fully saturated rings. The van der Waals surface area contributed by atoms with E-state index >= 15 is 0 Å². The number of hydrogen-bond acceptors (Lipinski definition) is 3. The summed E-state index contributed by atoms with van der Waals surface area (Å²) in [4.78, 5) is 14.3. The Hall–Kier alpha value is -2.33. The van der Waals surface area contributed by atoms with Gasteiger partial charge in [0.1, 0.15) is 5.75 Å². The van der Waals surface area contributed by atoms with Crippen LogP contribution in [0.5, 0.6) is 5.75 Å². The van der Waals surface area contributed by atoms with Crippen LogP contribution in [0.25, 0.3) is 0 Å². The van der Waals surface area contributed by atoms with Gasteiger partial charge in [0, 0.05) is 25.6 Å². The predicted octanol–water partition coefficient (Wildman–Crippen LogP) is 2.87. The van der Waals surface area contributed by atoms with E-state index in [2.05, 4.69) is 29.4 Å². The summed E-state index contributed by atoms with van der Waals surface area (Å²) in [5.41, 5.74) is 2.32. The first-order chi connectivity index (χ1) is 12.2. The topological polar surface area (TPSA) is 41.6 Å². The molecule has 25 heavy (non-hydrogen) atoms. The van der Waals surface area contributed by atoms with Gasteiger partial charge in [0.2, 0.25) is 0 Å². The average molecular weight is 338 g/mol. The number of carbonyl (C=O) groups is 1. The second-order valence-electron chi connectivity index (χ2n) is 6.62. The molecule has 0 aliphatic heterocycles. The molecule has 0 radical (unpaired) electrons. The first-order valence-electron chi connectivity index (χ1n) is 8.94. The number of amides is 1. The van der Waals surface area contributed by atoms with Gasteiger partial charge in [0.25, 0.3) is 5.91 Å². The van der Waals surface area contributed by atoms with Crippen molar-refractivity contribution < 1.29 is 9.53 Å². The second kappa shape index (κ2) is 8.67. The Kier molecular flexibility index (Phi) is 6.07. The standard InChI is InChI=1S/C21H26N2O2/c1-23(19-11-12-19)14-13-22-21(24)16-25-20-10-6-5-9-18(20)15-17-7-3-2-4-8-17/h2-10,19H,11-16H2,1H3,(H,22,24). The molecule has 0 unspecified atom stereocenters. The first kappa shape index (κ1) is 17.5. The number of carbonyl (C=O) groups excluding carboxylic acids is 1. The molecular weight excluding hydrogens is 312 g/mol. The lowest BCUT2D eigenvalue weighted by atomic mass is 10.0. The highest BCUT2D eigenvalue weighted by molar-refractivity contribution is 5.77. The van der Waals surface area contributed by atoms with Gasteiger partial charge in [-0.05, 0) is 37.1 Å². The van der Waals surface area contributed by atoms with E-state index in [1.54, 1.807) is 0 Å². The van der Waals surface area contributed by atoms with E-state index < -0.39 is 0 Å². The van der Waals surface area contributed by atoms with Crippen LogP contribution in [0.3, 0.4) is 0 Å². The van der Waals surface area contributed by atoms with Gasteiger partial charge in [-0.2, -0.15) is 0 Å². The van der Waals surface area contributed by atoms with Crippen molar-refractivity contribution in [3.63, 3.8) is 0 Å². The van der Waals surface area contributed by atoms with Gasteiger partial charge in [-0.15, -0.1) is 0 Å². The monoisotopic (exact) mass is 338 g/mol. The third-order valence-electron chi connectivity index (χ3n) is 4.53. The summed E-state index contributed by atoms with van der Waals surface area (Å²) in [5.74, 6) is 0.704. The highest BCUT2D eigenvalue weighted by Crippen LogP contribution is 2.24. The number of rotatable bonds is 9. The zero-order valence-corrected chi connectivity index (χ0v) is 14.8. The number of ether oxygens (including phenoxy) is 1. The van der Waals surface area contributed by atoms with E-state index in [1.165, 1.54) is 18.4 Å². The summed E-state index contributed by atoms with van der Waals surface area (Å²) in [7, 11) is 2.11. The molecule has 1 aliphatic carbocycles. The Bertz CT molecular complexity index is 683. The fourth-order valence-corrected chi connectivity index (χ4v) is 2.87. The number of nitrogens with zero attached hydrogens (tertiary/aromatic N) is 1. The minimum absolute atomic E-state index is 0.0545. The molecule has 1 saturated carbocycles. The van der Waals surface area contributed by atoms with Crippen LogP contribution < -0.4 is 10.1 Å². The largest absolute Gasteiger partial charge is 0.483 e. The van der Waals surface area contributed by atoms with Crippen molar-refractivity contribution in [3.8, 4) is 5.75 Å². The van der Waals surface area contributed by atoms with E-state index in [1.807, 2.05) is 42.5 Å². The van der Waals surface area contributed by atoms with Gasteiger partial charge in [-0.25, -0.2) is 0 Å². The van der Waals surface area contributed by atoms with Crippen molar-refractivity contribution in [2.24, 2.45) is 0 Å². The van der Waals surface area contributed by atoms with Crippen LogP contribution in [-0.2, 0) is 11.2 Å². The third kappa shape index (κ3) is 5.61. The number of likely N-dealkylation sites (N-methyl/N-ethyl adjacent to an activating group) is 1. The molecule has 4 heteroatoms. The minimum atomic E-state index is -0.0706. The number of para-hydroxylation sites is 1. The van der Waals surface area contributed by atoms with Crippen LogP contribution >= 0.6 is 0 Å². The minimum Gasteiger partial charge on any atom is -0.483 e. The number of hydrogen-bond donors (Lipinski definition) is 1. The molecule has 0 aromatic heterocycles. The van der Waals surface area contributed by atoms with Gasteiger partial charge in [-0.3, -0.25) is 4.79 Å². The highest BCUT2D eigenvalue weighted by Gasteiger charge is 2.25. The fourth-order valence-electron chi connectivity index (χ4n) is 2.87. The summed E-state index contributed by atoms with van der Waals surface area (Å²) >= 11 is 0. The van der Waals surface area contributed by atoms with Crippen molar-refractivity contribution in [1.29, 1.82) is 0 Å². The van der Waals surface area contributed by atoms with Gasteiger partial charge < -0.3 is 15.0 Å². The maximum atomic E-state index is 12.0. The third-order valence-corrected chi connectivity index (χ3v) is 4.53. The Balaban J connectivity index is 1.46. The van der Waals surface area contributed by atoms with Crippen LogP contribution in [0.2, 0.25) is 0 Å². The molecule has 4 nitrogen and oxygen atoms in total. The number of nitrogens with one attached hydrogen (secondary N) is 1. The van der Waals surface area contributed by atoms with E-state index in [0.29, 0.717) is 6.54 Å². The van der Waals surface area contributed by atoms with E-state index in [4.69, 9.17) is 4.74 Å². The van der Waals surface area contributed by atoms with Crippen LogP contribution in [0, 0.1) is 0 Å². The summed E-state index contributed by atoms with van der Waals surface area (Å²) in [6.07, 6.45) is 3.36.